The number of phenolic OH excluding ortho intramolecular Hbond substituents is 1. The van der Waals surface area contributed by atoms with Crippen LogP contribution in [-0.4, -0.2) is 29.9 Å². The Labute approximate surface area is 233 Å². The van der Waals surface area contributed by atoms with Crippen molar-refractivity contribution < 1.29 is 9.84 Å². The molecule has 0 atom stereocenters. The van der Waals surface area contributed by atoms with Crippen LogP contribution in [0.3, 0.4) is 0 Å². The molecule has 0 amide bonds. The number of ether oxygens (including phenoxy) is 1. The van der Waals surface area contributed by atoms with E-state index in [-0.39, 0.29) is 5.75 Å². The van der Waals surface area contributed by atoms with Crippen molar-refractivity contribution in [1.29, 1.82) is 0 Å². The van der Waals surface area contributed by atoms with Crippen LogP contribution in [0, 0.1) is 0 Å². The maximum atomic E-state index is 10.4. The first-order valence-electron chi connectivity index (χ1n) is 15.0. The Morgan fingerprint density at radius 3 is 2.21 bits per heavy atom. The smallest absolute Gasteiger partial charge is 0.160 e. The average molecular weight is 529 g/mol. The molecule has 2 aromatic rings. The molecule has 0 unspecified atom stereocenters. The highest BCUT2D eigenvalue weighted by atomic mass is 16.5. The fourth-order valence-corrected chi connectivity index (χ4v) is 6.10. The lowest BCUT2D eigenvalue weighted by Gasteiger charge is -2.26. The number of phenols is 1. The summed E-state index contributed by atoms with van der Waals surface area (Å²) in [5.41, 5.74) is 5.18. The second kappa shape index (κ2) is 13.7. The second-order valence-electron chi connectivity index (χ2n) is 11.2. The molecule has 1 saturated heterocycles. The van der Waals surface area contributed by atoms with Crippen molar-refractivity contribution in [3.05, 3.63) is 70.5 Å². The van der Waals surface area contributed by atoms with Crippen molar-refractivity contribution in [2.75, 3.05) is 7.11 Å². The molecule has 1 heterocycles. The lowest BCUT2D eigenvalue weighted by Crippen LogP contribution is -2.39. The number of fused-ring (bicyclic) bond motifs is 1. The number of methoxy groups -OCH3 is 1. The Morgan fingerprint density at radius 1 is 0.795 bits per heavy atom. The third-order valence-corrected chi connectivity index (χ3v) is 8.28. The first-order valence-corrected chi connectivity index (χ1v) is 15.0. The lowest BCUT2D eigenvalue weighted by molar-refractivity contribution is 0.372. The Morgan fingerprint density at radius 2 is 1.46 bits per heavy atom. The van der Waals surface area contributed by atoms with Crippen molar-refractivity contribution >= 4 is 11.7 Å². The molecule has 5 rings (SSSR count). The van der Waals surface area contributed by atoms with Crippen molar-refractivity contribution in [3.8, 4) is 11.5 Å². The quantitative estimate of drug-likeness (QED) is 0.401. The van der Waals surface area contributed by atoms with Crippen LogP contribution in [0.25, 0.3) is 0 Å². The minimum Gasteiger partial charge on any atom is -0.504 e. The van der Waals surface area contributed by atoms with Gasteiger partial charge >= 0.3 is 0 Å². The van der Waals surface area contributed by atoms with Gasteiger partial charge in [-0.2, -0.15) is 0 Å². The Kier molecular flexibility index (Phi) is 9.57. The van der Waals surface area contributed by atoms with Gasteiger partial charge in [-0.25, -0.2) is 0 Å². The number of aryl methyl sites for hydroxylation is 2. The first kappa shape index (κ1) is 27.3. The van der Waals surface area contributed by atoms with E-state index >= 15 is 0 Å². The van der Waals surface area contributed by atoms with Crippen LogP contribution in [0.4, 0.5) is 0 Å². The van der Waals surface area contributed by atoms with Gasteiger partial charge in [-0.1, -0.05) is 49.6 Å². The third-order valence-electron chi connectivity index (χ3n) is 8.28. The van der Waals surface area contributed by atoms with E-state index in [9.17, 15) is 5.11 Å². The minimum absolute atomic E-state index is 0.236. The number of nitrogens with one attached hydrogen (secondary N) is 2. The van der Waals surface area contributed by atoms with Crippen LogP contribution in [-0.2, 0) is 19.4 Å². The summed E-state index contributed by atoms with van der Waals surface area (Å²) in [7, 11) is 1.62. The summed E-state index contributed by atoms with van der Waals surface area (Å²) in [4.78, 5) is 10.2. The Balaban J connectivity index is 1.39. The highest BCUT2D eigenvalue weighted by Crippen LogP contribution is 2.33. The standard InChI is InChI=1S/C33H44N4O2/c1-39-30-22-27-16-9-14-25(13-8-15-26(27)21-29(30)38)33-36-31(34-23-24-11-4-2-5-12-24)19-10-20-32(37-33)35-28-17-6-3-7-18-28/h2,4-5,11-12,21-22,28,38H,3,6-10,13-20,23H2,1H3,(H,34,36)(H,35,37). The average Bonchev–Trinajstić information content (AvgIpc) is 3.04. The molecule has 39 heavy (non-hydrogen) atoms. The number of aromatic hydroxyl groups is 1. The topological polar surface area (TPSA) is 78.2 Å². The van der Waals surface area contributed by atoms with Crippen LogP contribution >= 0.6 is 0 Å². The molecule has 2 fully saturated rings. The predicted molar refractivity (Wildman–Crippen MR) is 160 cm³/mol. The fraction of sp³-hybridized carbons (Fsp3) is 0.515. The largest absolute Gasteiger partial charge is 0.504 e. The first-order chi connectivity index (χ1) is 19.2. The number of hydrogen-bond donors (Lipinski definition) is 3. The summed E-state index contributed by atoms with van der Waals surface area (Å²) < 4.78 is 5.39. The van der Waals surface area contributed by atoms with Gasteiger partial charge in [-0.05, 0) is 92.2 Å². The van der Waals surface area contributed by atoms with Crippen LogP contribution in [0.5, 0.6) is 11.5 Å². The van der Waals surface area contributed by atoms with Gasteiger partial charge in [-0.15, -0.1) is 0 Å². The monoisotopic (exact) mass is 528 g/mol. The Bertz CT molecular complexity index is 1200. The van der Waals surface area contributed by atoms with Crippen molar-refractivity contribution in [1.82, 2.24) is 10.6 Å². The van der Waals surface area contributed by atoms with Gasteiger partial charge < -0.3 is 20.5 Å². The molecule has 208 valence electrons. The van der Waals surface area contributed by atoms with Gasteiger partial charge in [0.15, 0.2) is 11.5 Å². The summed E-state index contributed by atoms with van der Waals surface area (Å²) in [6.07, 6.45) is 15.3. The van der Waals surface area contributed by atoms with Gasteiger partial charge in [0.05, 0.1) is 19.7 Å². The molecule has 0 bridgehead atoms. The summed E-state index contributed by atoms with van der Waals surface area (Å²) in [5, 5.41) is 17.9. The van der Waals surface area contributed by atoms with Crippen LogP contribution in [0.15, 0.2) is 63.8 Å². The molecule has 2 aliphatic carbocycles. The number of benzene rings is 2. The highest BCUT2D eigenvalue weighted by molar-refractivity contribution is 5.90. The Hall–Kier alpha value is -3.28. The maximum absolute atomic E-state index is 10.4. The molecular formula is C33H44N4O2. The van der Waals surface area contributed by atoms with E-state index < -0.39 is 0 Å². The van der Waals surface area contributed by atoms with Crippen LogP contribution < -0.4 is 15.4 Å². The summed E-state index contributed by atoms with van der Waals surface area (Å²) in [5.74, 6) is 4.10. The van der Waals surface area contributed by atoms with E-state index in [4.69, 9.17) is 14.7 Å². The molecule has 6 heteroatoms. The summed E-state index contributed by atoms with van der Waals surface area (Å²) in [6.45, 7) is 0.690. The lowest BCUT2D eigenvalue weighted by atomic mass is 9.96. The number of allylic oxidation sites excluding steroid dienone is 1. The molecule has 0 spiro atoms. The predicted octanol–water partition coefficient (Wildman–Crippen LogP) is 6.96. The molecule has 3 N–H and O–H groups in total. The minimum atomic E-state index is 0.236. The maximum Gasteiger partial charge on any atom is 0.160 e. The normalized spacial score (nSPS) is 23.4. The van der Waals surface area contributed by atoms with E-state index in [2.05, 4.69) is 41.0 Å². The number of hydrogen-bond acceptors (Lipinski definition) is 4. The fourth-order valence-electron chi connectivity index (χ4n) is 6.10. The third kappa shape index (κ3) is 7.65. The van der Waals surface area contributed by atoms with Crippen LogP contribution in [0.2, 0.25) is 0 Å². The van der Waals surface area contributed by atoms with Gasteiger partial charge in [0.1, 0.15) is 17.5 Å². The molecule has 2 aromatic carbocycles. The number of nitrogens with zero attached hydrogens (tertiary/aromatic N) is 2. The van der Waals surface area contributed by atoms with E-state index in [1.165, 1.54) is 54.4 Å². The van der Waals surface area contributed by atoms with Gasteiger partial charge in [-0.3, -0.25) is 9.98 Å². The number of amidine groups is 2. The summed E-state index contributed by atoms with van der Waals surface area (Å²) >= 11 is 0. The molecule has 6 nitrogen and oxygen atoms in total. The summed E-state index contributed by atoms with van der Waals surface area (Å²) in [6, 6.07) is 14.9. The molecule has 3 aliphatic rings. The van der Waals surface area contributed by atoms with Crippen molar-refractivity contribution in [2.45, 2.75) is 102 Å². The molecule has 0 radical (unpaired) electrons. The van der Waals surface area contributed by atoms with Crippen LogP contribution in [0.1, 0.15) is 93.7 Å². The zero-order valence-corrected chi connectivity index (χ0v) is 23.5. The van der Waals surface area contributed by atoms with E-state index in [0.29, 0.717) is 18.3 Å². The van der Waals surface area contributed by atoms with Crippen molar-refractivity contribution in [2.24, 2.45) is 9.98 Å². The van der Waals surface area contributed by atoms with E-state index in [0.717, 1.165) is 75.3 Å². The van der Waals surface area contributed by atoms with E-state index in [1.54, 1.807) is 7.11 Å². The zero-order valence-electron chi connectivity index (χ0n) is 23.5. The molecule has 1 aliphatic heterocycles. The molecule has 0 aromatic heterocycles. The van der Waals surface area contributed by atoms with E-state index in [1.807, 2.05) is 12.1 Å². The SMILES string of the molecule is COc1cc2c(cc1O)CCCC(=C1NC(=NCc3ccccc3)CCCC(=NC3CCCCC3)N1)CCC2. The zero-order chi connectivity index (χ0) is 26.9. The molecular weight excluding hydrogens is 484 g/mol. The van der Waals surface area contributed by atoms with Gasteiger partial charge in [0.25, 0.3) is 0 Å². The van der Waals surface area contributed by atoms with Crippen molar-refractivity contribution in [3.63, 3.8) is 0 Å². The second-order valence-corrected chi connectivity index (χ2v) is 11.2. The highest BCUT2D eigenvalue weighted by Gasteiger charge is 2.20. The number of rotatable bonds is 4. The molecule has 1 saturated carbocycles. The number of aliphatic imine (C=N–C) groups is 2. The van der Waals surface area contributed by atoms with Gasteiger partial charge in [0, 0.05) is 12.8 Å². The van der Waals surface area contributed by atoms with Gasteiger partial charge in [0.2, 0.25) is 0 Å².